The van der Waals surface area contributed by atoms with Crippen LogP contribution in [0.25, 0.3) is 5.52 Å². The van der Waals surface area contributed by atoms with Gasteiger partial charge in [0.1, 0.15) is 11.4 Å². The van der Waals surface area contributed by atoms with Gasteiger partial charge in [-0.3, -0.25) is 4.79 Å². The molecule has 2 heterocycles. The standard InChI is InChI=1S/C12H13BrN2O2/c1-7(2)14-12(17)10-5-11(16)9-4-3-8(13)6-15(9)10/h3-7,16H,1-2H3,(H,14,17). The molecule has 0 aliphatic rings. The number of rotatable bonds is 2. The highest BCUT2D eigenvalue weighted by molar-refractivity contribution is 9.10. The lowest BCUT2D eigenvalue weighted by atomic mass is 10.3. The second kappa shape index (κ2) is 4.41. The van der Waals surface area contributed by atoms with Gasteiger partial charge < -0.3 is 14.8 Å². The van der Waals surface area contributed by atoms with Crippen LogP contribution < -0.4 is 5.32 Å². The van der Waals surface area contributed by atoms with Crippen LogP contribution in [0, 0.1) is 0 Å². The molecular formula is C12H13BrN2O2. The van der Waals surface area contributed by atoms with Crippen LogP contribution >= 0.6 is 15.9 Å². The van der Waals surface area contributed by atoms with E-state index in [1.807, 2.05) is 19.9 Å². The molecule has 0 radical (unpaired) electrons. The van der Waals surface area contributed by atoms with E-state index < -0.39 is 0 Å². The van der Waals surface area contributed by atoms with Crippen LogP contribution in [0.1, 0.15) is 24.3 Å². The van der Waals surface area contributed by atoms with Crippen molar-refractivity contribution < 1.29 is 9.90 Å². The van der Waals surface area contributed by atoms with E-state index in [1.165, 1.54) is 6.07 Å². The van der Waals surface area contributed by atoms with Gasteiger partial charge in [-0.05, 0) is 41.9 Å². The van der Waals surface area contributed by atoms with E-state index in [1.54, 1.807) is 16.7 Å². The van der Waals surface area contributed by atoms with E-state index in [0.29, 0.717) is 11.2 Å². The van der Waals surface area contributed by atoms with Crippen molar-refractivity contribution in [3.05, 3.63) is 34.6 Å². The Morgan fingerprint density at radius 3 is 2.82 bits per heavy atom. The summed E-state index contributed by atoms with van der Waals surface area (Å²) in [6.45, 7) is 3.78. The summed E-state index contributed by atoms with van der Waals surface area (Å²) in [7, 11) is 0. The zero-order chi connectivity index (χ0) is 12.6. The largest absolute Gasteiger partial charge is 0.506 e. The molecule has 4 nitrogen and oxygen atoms in total. The Balaban J connectivity index is 2.54. The molecule has 0 aliphatic carbocycles. The van der Waals surface area contributed by atoms with Gasteiger partial charge in [0.2, 0.25) is 0 Å². The third kappa shape index (κ3) is 2.29. The number of halogens is 1. The van der Waals surface area contributed by atoms with Gasteiger partial charge in [-0.15, -0.1) is 0 Å². The molecule has 0 aliphatic heterocycles. The summed E-state index contributed by atoms with van der Waals surface area (Å²) in [5.74, 6) is -0.0974. The number of nitrogens with zero attached hydrogens (tertiary/aromatic N) is 1. The van der Waals surface area contributed by atoms with Crippen molar-refractivity contribution >= 4 is 27.4 Å². The minimum Gasteiger partial charge on any atom is -0.506 e. The molecular weight excluding hydrogens is 284 g/mol. The van der Waals surface area contributed by atoms with Crippen LogP contribution in [-0.4, -0.2) is 21.5 Å². The van der Waals surface area contributed by atoms with Gasteiger partial charge in [-0.2, -0.15) is 0 Å². The highest BCUT2D eigenvalue weighted by Crippen LogP contribution is 2.25. The Kier molecular flexibility index (Phi) is 3.11. The minimum absolute atomic E-state index is 0.0577. The number of carbonyl (C=O) groups excluding carboxylic acids is 1. The third-order valence-electron chi connectivity index (χ3n) is 2.36. The molecule has 0 saturated heterocycles. The molecule has 2 aromatic heterocycles. The van der Waals surface area contributed by atoms with Crippen molar-refractivity contribution in [2.24, 2.45) is 0 Å². The number of hydrogen-bond donors (Lipinski definition) is 2. The molecule has 0 saturated carbocycles. The van der Waals surface area contributed by atoms with Crippen molar-refractivity contribution in [1.82, 2.24) is 9.72 Å². The Morgan fingerprint density at radius 2 is 2.18 bits per heavy atom. The Morgan fingerprint density at radius 1 is 1.47 bits per heavy atom. The molecule has 0 bridgehead atoms. The number of carbonyl (C=O) groups is 1. The smallest absolute Gasteiger partial charge is 0.268 e. The number of pyridine rings is 1. The van der Waals surface area contributed by atoms with E-state index in [2.05, 4.69) is 21.2 Å². The zero-order valence-corrected chi connectivity index (χ0v) is 11.2. The molecule has 1 amide bonds. The zero-order valence-electron chi connectivity index (χ0n) is 9.57. The molecule has 5 heteroatoms. The van der Waals surface area contributed by atoms with Crippen LogP contribution in [0.2, 0.25) is 0 Å². The summed E-state index contributed by atoms with van der Waals surface area (Å²) < 4.78 is 2.51. The van der Waals surface area contributed by atoms with Crippen molar-refractivity contribution in [2.75, 3.05) is 0 Å². The van der Waals surface area contributed by atoms with Gasteiger partial charge in [0.25, 0.3) is 5.91 Å². The van der Waals surface area contributed by atoms with E-state index >= 15 is 0 Å². The van der Waals surface area contributed by atoms with Gasteiger partial charge in [-0.25, -0.2) is 0 Å². The first-order valence-corrected chi connectivity index (χ1v) is 6.09. The molecule has 0 unspecified atom stereocenters. The highest BCUT2D eigenvalue weighted by Gasteiger charge is 2.15. The summed E-state index contributed by atoms with van der Waals surface area (Å²) in [6, 6.07) is 5.10. The molecule has 17 heavy (non-hydrogen) atoms. The first kappa shape index (κ1) is 12.0. The third-order valence-corrected chi connectivity index (χ3v) is 2.83. The van der Waals surface area contributed by atoms with Gasteiger partial charge >= 0.3 is 0 Å². The lowest BCUT2D eigenvalue weighted by Crippen LogP contribution is -2.30. The predicted molar refractivity (Wildman–Crippen MR) is 69.4 cm³/mol. The maximum Gasteiger partial charge on any atom is 0.268 e. The minimum atomic E-state index is -0.201. The number of fused-ring (bicyclic) bond motifs is 1. The number of nitrogens with one attached hydrogen (secondary N) is 1. The highest BCUT2D eigenvalue weighted by atomic mass is 79.9. The van der Waals surface area contributed by atoms with E-state index in [-0.39, 0.29) is 17.7 Å². The number of hydrogen-bond acceptors (Lipinski definition) is 2. The number of amides is 1. The normalized spacial score (nSPS) is 11.1. The summed E-state index contributed by atoms with van der Waals surface area (Å²) in [5, 5.41) is 12.5. The van der Waals surface area contributed by atoms with Crippen LogP contribution in [0.4, 0.5) is 0 Å². The Bertz CT molecular complexity index is 575. The topological polar surface area (TPSA) is 53.7 Å². The lowest BCUT2D eigenvalue weighted by Gasteiger charge is -2.08. The van der Waals surface area contributed by atoms with Crippen molar-refractivity contribution in [3.8, 4) is 5.75 Å². The summed E-state index contributed by atoms with van der Waals surface area (Å²) in [6.07, 6.45) is 1.75. The van der Waals surface area contributed by atoms with Gasteiger partial charge in [0.05, 0.1) is 5.52 Å². The van der Waals surface area contributed by atoms with Gasteiger partial charge in [-0.1, -0.05) is 0 Å². The van der Waals surface area contributed by atoms with Crippen molar-refractivity contribution in [2.45, 2.75) is 19.9 Å². The first-order valence-electron chi connectivity index (χ1n) is 5.29. The van der Waals surface area contributed by atoms with Crippen LogP contribution in [0.5, 0.6) is 5.75 Å². The van der Waals surface area contributed by atoms with Crippen LogP contribution in [-0.2, 0) is 0 Å². The second-order valence-electron chi connectivity index (χ2n) is 4.15. The van der Waals surface area contributed by atoms with Gasteiger partial charge in [0, 0.05) is 22.8 Å². The monoisotopic (exact) mass is 296 g/mol. The Hall–Kier alpha value is -1.49. The fraction of sp³-hybridized carbons (Fsp3) is 0.250. The molecule has 2 N–H and O–H groups in total. The SMILES string of the molecule is CC(C)NC(=O)c1cc(O)c2ccc(Br)cn12. The first-order chi connectivity index (χ1) is 7.99. The second-order valence-corrected chi connectivity index (χ2v) is 5.06. The van der Waals surface area contributed by atoms with Gasteiger partial charge in [0.15, 0.2) is 0 Å². The molecule has 90 valence electrons. The van der Waals surface area contributed by atoms with E-state index in [4.69, 9.17) is 0 Å². The molecule has 0 spiro atoms. The summed E-state index contributed by atoms with van der Waals surface area (Å²) in [5.41, 5.74) is 1.04. The molecule has 2 aromatic rings. The molecule has 0 fully saturated rings. The maximum atomic E-state index is 11.9. The van der Waals surface area contributed by atoms with Crippen LogP contribution in [0.15, 0.2) is 28.9 Å². The number of aromatic nitrogens is 1. The fourth-order valence-corrected chi connectivity index (χ4v) is 2.00. The predicted octanol–water partition coefficient (Wildman–Crippen LogP) is 2.55. The van der Waals surface area contributed by atoms with E-state index in [0.717, 1.165) is 4.47 Å². The van der Waals surface area contributed by atoms with E-state index in [9.17, 15) is 9.90 Å². The van der Waals surface area contributed by atoms with Crippen molar-refractivity contribution in [1.29, 1.82) is 0 Å². The average molecular weight is 297 g/mol. The molecule has 0 atom stereocenters. The summed E-state index contributed by atoms with van der Waals surface area (Å²) >= 11 is 3.34. The number of aromatic hydroxyl groups is 1. The summed E-state index contributed by atoms with van der Waals surface area (Å²) in [4.78, 5) is 11.9. The quantitative estimate of drug-likeness (QED) is 0.895. The molecule has 2 rings (SSSR count). The average Bonchev–Trinajstić information content (AvgIpc) is 2.54. The fourth-order valence-electron chi connectivity index (χ4n) is 1.67. The lowest BCUT2D eigenvalue weighted by molar-refractivity contribution is 0.0937. The Labute approximate surface area is 107 Å². The maximum absolute atomic E-state index is 11.9. The molecule has 0 aromatic carbocycles. The van der Waals surface area contributed by atoms with Crippen LogP contribution in [0.3, 0.4) is 0 Å². The van der Waals surface area contributed by atoms with Crippen molar-refractivity contribution in [3.63, 3.8) is 0 Å².